The summed E-state index contributed by atoms with van der Waals surface area (Å²) in [5, 5.41) is 0. The summed E-state index contributed by atoms with van der Waals surface area (Å²) in [4.78, 5) is 0.354. The lowest BCUT2D eigenvalue weighted by atomic mass is 10.1. The molecule has 29 heavy (non-hydrogen) atoms. The first-order valence-corrected chi connectivity index (χ1v) is 13.3. The Hall–Kier alpha value is -1.13. The number of rotatable bonds is 18. The number of allylic oxidation sites excluding steroid dienone is 2. The highest BCUT2D eigenvalue weighted by atomic mass is 32.2. The van der Waals surface area contributed by atoms with Crippen LogP contribution in [0.5, 0.6) is 0 Å². The molecule has 1 N–H and O–H groups in total. The number of nitrogens with one attached hydrogen (secondary N) is 1. The van der Waals surface area contributed by atoms with Crippen molar-refractivity contribution in [3.05, 3.63) is 42.0 Å². The average molecular weight is 422 g/mol. The van der Waals surface area contributed by atoms with E-state index in [0.717, 1.165) is 18.4 Å². The maximum Gasteiger partial charge on any atom is 0.240 e. The van der Waals surface area contributed by atoms with Crippen molar-refractivity contribution in [1.82, 2.24) is 4.72 Å². The number of hydrogen-bond acceptors (Lipinski definition) is 2. The van der Waals surface area contributed by atoms with Crippen LogP contribution in [0.25, 0.3) is 0 Å². The molecule has 0 atom stereocenters. The van der Waals surface area contributed by atoms with Gasteiger partial charge in [-0.2, -0.15) is 0 Å². The van der Waals surface area contributed by atoms with E-state index < -0.39 is 10.0 Å². The molecule has 0 aliphatic carbocycles. The molecule has 1 aromatic carbocycles. The molecule has 0 fully saturated rings. The van der Waals surface area contributed by atoms with Crippen molar-refractivity contribution in [2.24, 2.45) is 0 Å². The molecule has 0 saturated heterocycles. The third kappa shape index (κ3) is 13.7. The molecule has 4 heteroatoms. The Labute approximate surface area is 180 Å². The van der Waals surface area contributed by atoms with Crippen molar-refractivity contribution < 1.29 is 8.42 Å². The van der Waals surface area contributed by atoms with Crippen LogP contribution in [-0.4, -0.2) is 15.0 Å². The minimum absolute atomic E-state index is 0.354. The van der Waals surface area contributed by atoms with Crippen LogP contribution in [-0.2, 0) is 10.0 Å². The summed E-state index contributed by atoms with van der Waals surface area (Å²) in [6, 6.07) is 7.00. The fraction of sp³-hybridized carbons (Fsp3) is 0.680. The Morgan fingerprint density at radius 3 is 1.76 bits per heavy atom. The van der Waals surface area contributed by atoms with E-state index in [4.69, 9.17) is 0 Å². The molecule has 0 saturated carbocycles. The highest BCUT2D eigenvalue weighted by molar-refractivity contribution is 7.89. The monoisotopic (exact) mass is 421 g/mol. The maximum atomic E-state index is 12.2. The van der Waals surface area contributed by atoms with Crippen LogP contribution < -0.4 is 4.72 Å². The second-order valence-corrected chi connectivity index (χ2v) is 9.92. The van der Waals surface area contributed by atoms with E-state index in [9.17, 15) is 8.42 Å². The number of aryl methyl sites for hydroxylation is 1. The van der Waals surface area contributed by atoms with Gasteiger partial charge in [-0.1, -0.05) is 94.6 Å². The van der Waals surface area contributed by atoms with Crippen LogP contribution in [0.3, 0.4) is 0 Å². The standard InChI is InChI=1S/C25H43NO2S/c1-3-4-5-6-7-8-9-10-11-12-13-14-15-16-17-18-23-26-29(27,28)25-21-19-24(2)20-22-25/h10-11,19-22,26H,3-9,12-18,23H2,1-2H3/b11-10-. The first-order chi connectivity index (χ1) is 14.1. The van der Waals surface area contributed by atoms with Gasteiger partial charge in [0.2, 0.25) is 10.0 Å². The average Bonchev–Trinajstić information content (AvgIpc) is 2.70. The van der Waals surface area contributed by atoms with Gasteiger partial charge in [0.15, 0.2) is 0 Å². The first kappa shape index (κ1) is 25.9. The normalized spacial score (nSPS) is 12.1. The summed E-state index contributed by atoms with van der Waals surface area (Å²) in [7, 11) is -3.36. The van der Waals surface area contributed by atoms with Crippen LogP contribution in [0.15, 0.2) is 41.3 Å². The van der Waals surface area contributed by atoms with Gasteiger partial charge in [-0.25, -0.2) is 13.1 Å². The Balaban J connectivity index is 1.91. The largest absolute Gasteiger partial charge is 0.240 e. The van der Waals surface area contributed by atoms with Crippen molar-refractivity contribution in [1.29, 1.82) is 0 Å². The summed E-state index contributed by atoms with van der Waals surface area (Å²) in [5.74, 6) is 0. The molecule has 1 rings (SSSR count). The lowest BCUT2D eigenvalue weighted by molar-refractivity contribution is 0.565. The van der Waals surface area contributed by atoms with Gasteiger partial charge in [0.05, 0.1) is 4.90 Å². The molecule has 166 valence electrons. The zero-order chi connectivity index (χ0) is 21.2. The molecule has 0 amide bonds. The van der Waals surface area contributed by atoms with Crippen molar-refractivity contribution in [2.45, 2.75) is 109 Å². The van der Waals surface area contributed by atoms with Crippen molar-refractivity contribution in [3.8, 4) is 0 Å². The fourth-order valence-electron chi connectivity index (χ4n) is 3.38. The summed E-state index contributed by atoms with van der Waals surface area (Å²) >= 11 is 0. The lowest BCUT2D eigenvalue weighted by Crippen LogP contribution is -2.24. The van der Waals surface area contributed by atoms with Gasteiger partial charge >= 0.3 is 0 Å². The molecule has 0 radical (unpaired) electrons. The SMILES string of the molecule is CCCCCCCC/C=C\CCCCCCCCNS(=O)(=O)c1ccc(C)cc1. The van der Waals surface area contributed by atoms with Crippen LogP contribution in [0.4, 0.5) is 0 Å². The highest BCUT2D eigenvalue weighted by Gasteiger charge is 2.12. The number of sulfonamides is 1. The third-order valence-electron chi connectivity index (χ3n) is 5.31. The highest BCUT2D eigenvalue weighted by Crippen LogP contribution is 2.11. The zero-order valence-corrected chi connectivity index (χ0v) is 19.6. The van der Waals surface area contributed by atoms with E-state index in [1.807, 2.05) is 19.1 Å². The quantitative estimate of drug-likeness (QED) is 0.199. The summed E-state index contributed by atoms with van der Waals surface area (Å²) < 4.78 is 27.1. The molecule has 0 aliphatic rings. The van der Waals surface area contributed by atoms with Gasteiger partial charge in [-0.05, 0) is 51.2 Å². The molecule has 3 nitrogen and oxygen atoms in total. The molecule has 0 spiro atoms. The van der Waals surface area contributed by atoms with Crippen LogP contribution >= 0.6 is 0 Å². The second kappa shape index (κ2) is 16.6. The first-order valence-electron chi connectivity index (χ1n) is 11.8. The van der Waals surface area contributed by atoms with Gasteiger partial charge in [-0.3, -0.25) is 0 Å². The molecular formula is C25H43NO2S. The van der Waals surface area contributed by atoms with E-state index in [0.29, 0.717) is 11.4 Å². The second-order valence-electron chi connectivity index (χ2n) is 8.15. The lowest BCUT2D eigenvalue weighted by Gasteiger charge is -2.07. The van der Waals surface area contributed by atoms with E-state index in [1.165, 1.54) is 77.0 Å². The Morgan fingerprint density at radius 2 is 1.21 bits per heavy atom. The van der Waals surface area contributed by atoms with E-state index in [2.05, 4.69) is 23.8 Å². The van der Waals surface area contributed by atoms with Crippen molar-refractivity contribution in [2.75, 3.05) is 6.54 Å². The molecule has 0 aromatic heterocycles. The Kier molecular flexibility index (Phi) is 14.9. The zero-order valence-electron chi connectivity index (χ0n) is 18.8. The topological polar surface area (TPSA) is 46.2 Å². The van der Waals surface area contributed by atoms with Gasteiger partial charge in [0, 0.05) is 6.54 Å². The minimum atomic E-state index is -3.36. The van der Waals surface area contributed by atoms with Gasteiger partial charge in [0.1, 0.15) is 0 Å². The van der Waals surface area contributed by atoms with Crippen molar-refractivity contribution >= 4 is 10.0 Å². The predicted octanol–water partition coefficient (Wildman–Crippen LogP) is 7.31. The molecule has 0 aliphatic heterocycles. The molecule has 0 bridgehead atoms. The molecule has 0 unspecified atom stereocenters. The number of benzene rings is 1. The van der Waals surface area contributed by atoms with Crippen LogP contribution in [0.1, 0.15) is 102 Å². The summed E-state index contributed by atoms with van der Waals surface area (Å²) in [6.07, 6.45) is 22.4. The smallest absolute Gasteiger partial charge is 0.211 e. The van der Waals surface area contributed by atoms with E-state index in [-0.39, 0.29) is 0 Å². The summed E-state index contributed by atoms with van der Waals surface area (Å²) in [6.45, 7) is 4.74. The third-order valence-corrected chi connectivity index (χ3v) is 6.79. The van der Waals surface area contributed by atoms with Gasteiger partial charge in [-0.15, -0.1) is 0 Å². The Bertz CT molecular complexity index is 635. The molecular weight excluding hydrogens is 378 g/mol. The number of hydrogen-bond donors (Lipinski definition) is 1. The molecule has 1 aromatic rings. The van der Waals surface area contributed by atoms with E-state index >= 15 is 0 Å². The van der Waals surface area contributed by atoms with Crippen LogP contribution in [0, 0.1) is 6.92 Å². The maximum absolute atomic E-state index is 12.2. The Morgan fingerprint density at radius 1 is 0.724 bits per heavy atom. The van der Waals surface area contributed by atoms with Gasteiger partial charge < -0.3 is 0 Å². The summed E-state index contributed by atoms with van der Waals surface area (Å²) in [5.41, 5.74) is 1.07. The van der Waals surface area contributed by atoms with Gasteiger partial charge in [0.25, 0.3) is 0 Å². The minimum Gasteiger partial charge on any atom is -0.211 e. The number of unbranched alkanes of at least 4 members (excludes halogenated alkanes) is 12. The predicted molar refractivity (Wildman–Crippen MR) is 126 cm³/mol. The van der Waals surface area contributed by atoms with E-state index in [1.54, 1.807) is 12.1 Å². The molecule has 0 heterocycles. The van der Waals surface area contributed by atoms with Crippen LogP contribution in [0.2, 0.25) is 0 Å². The fourth-order valence-corrected chi connectivity index (χ4v) is 4.45. The van der Waals surface area contributed by atoms with Crippen molar-refractivity contribution in [3.63, 3.8) is 0 Å².